The molecule has 2 heterocycles. The van der Waals surface area contributed by atoms with E-state index in [-0.39, 0.29) is 6.10 Å². The molecular weight excluding hydrogens is 168 g/mol. The molecule has 4 heteroatoms. The zero-order valence-corrected chi connectivity index (χ0v) is 7.35. The Labute approximate surface area is 76.5 Å². The van der Waals surface area contributed by atoms with E-state index in [1.54, 1.807) is 16.9 Å². The Morgan fingerprint density at radius 2 is 2.69 bits per heavy atom. The minimum Gasteiger partial charge on any atom is -0.376 e. The first-order valence-corrected chi connectivity index (χ1v) is 4.49. The molecule has 0 N–H and O–H groups in total. The fourth-order valence-corrected chi connectivity index (χ4v) is 1.58. The average molecular weight is 180 g/mol. The average Bonchev–Trinajstić information content (AvgIpc) is 2.76. The molecule has 13 heavy (non-hydrogen) atoms. The summed E-state index contributed by atoms with van der Waals surface area (Å²) in [5, 5.41) is 4.06. The van der Waals surface area contributed by atoms with Crippen LogP contribution in [0.4, 0.5) is 0 Å². The van der Waals surface area contributed by atoms with Gasteiger partial charge in [0.25, 0.3) is 0 Å². The number of nitrogens with zero attached hydrogens (tertiary/aromatic N) is 2. The van der Waals surface area contributed by atoms with E-state index in [2.05, 4.69) is 5.10 Å². The van der Waals surface area contributed by atoms with Crippen molar-refractivity contribution >= 4 is 6.29 Å². The summed E-state index contributed by atoms with van der Waals surface area (Å²) in [6.07, 6.45) is 4.87. The maximum Gasteiger partial charge on any atom is 0.168 e. The van der Waals surface area contributed by atoms with Crippen LogP contribution in [0.1, 0.15) is 23.3 Å². The number of carbonyl (C=O) groups is 1. The van der Waals surface area contributed by atoms with E-state index in [1.807, 2.05) is 0 Å². The van der Waals surface area contributed by atoms with Crippen LogP contribution in [0.2, 0.25) is 0 Å². The molecule has 0 bridgehead atoms. The lowest BCUT2D eigenvalue weighted by Crippen LogP contribution is -2.17. The van der Waals surface area contributed by atoms with Crippen molar-refractivity contribution in [3.05, 3.63) is 18.0 Å². The fraction of sp³-hybridized carbons (Fsp3) is 0.556. The standard InChI is InChI=1S/C9H12N2O2/c12-7-8-3-4-10-11(8)6-9-2-1-5-13-9/h3-4,7,9H,1-2,5-6H2. The lowest BCUT2D eigenvalue weighted by atomic mass is 10.2. The van der Waals surface area contributed by atoms with Crippen LogP contribution in [-0.2, 0) is 11.3 Å². The Morgan fingerprint density at radius 3 is 3.38 bits per heavy atom. The molecule has 0 aromatic carbocycles. The Bertz CT molecular complexity index is 290. The van der Waals surface area contributed by atoms with Crippen molar-refractivity contribution < 1.29 is 9.53 Å². The number of ether oxygens (including phenoxy) is 1. The molecule has 2 rings (SSSR count). The summed E-state index contributed by atoms with van der Waals surface area (Å²) in [7, 11) is 0. The third kappa shape index (κ3) is 1.78. The first-order chi connectivity index (χ1) is 6.40. The summed E-state index contributed by atoms with van der Waals surface area (Å²) in [5.41, 5.74) is 0.621. The molecule has 0 aliphatic carbocycles. The van der Waals surface area contributed by atoms with Gasteiger partial charge in [0, 0.05) is 12.8 Å². The maximum atomic E-state index is 10.6. The molecule has 0 saturated carbocycles. The second-order valence-corrected chi connectivity index (χ2v) is 3.19. The number of hydrogen-bond donors (Lipinski definition) is 0. The highest BCUT2D eigenvalue weighted by atomic mass is 16.5. The predicted octanol–water partition coefficient (Wildman–Crippen LogP) is 0.875. The highest BCUT2D eigenvalue weighted by Crippen LogP contribution is 2.14. The van der Waals surface area contributed by atoms with Gasteiger partial charge >= 0.3 is 0 Å². The lowest BCUT2D eigenvalue weighted by molar-refractivity contribution is 0.0921. The molecular formula is C9H12N2O2. The van der Waals surface area contributed by atoms with Crippen LogP contribution in [0.3, 0.4) is 0 Å². The predicted molar refractivity (Wildman–Crippen MR) is 46.6 cm³/mol. The summed E-state index contributed by atoms with van der Waals surface area (Å²) in [5.74, 6) is 0. The number of aldehydes is 1. The molecule has 70 valence electrons. The molecule has 1 aromatic rings. The zero-order chi connectivity index (χ0) is 9.10. The molecule has 1 aliphatic heterocycles. The van der Waals surface area contributed by atoms with E-state index >= 15 is 0 Å². The third-order valence-electron chi connectivity index (χ3n) is 2.27. The van der Waals surface area contributed by atoms with E-state index < -0.39 is 0 Å². The van der Waals surface area contributed by atoms with Crippen LogP contribution in [0.5, 0.6) is 0 Å². The van der Waals surface area contributed by atoms with Gasteiger partial charge in [-0.3, -0.25) is 9.48 Å². The zero-order valence-electron chi connectivity index (χ0n) is 7.35. The second-order valence-electron chi connectivity index (χ2n) is 3.19. The summed E-state index contributed by atoms with van der Waals surface area (Å²) in [6.45, 7) is 1.53. The van der Waals surface area contributed by atoms with Gasteiger partial charge < -0.3 is 4.74 Å². The molecule has 1 atom stereocenters. The Kier molecular flexibility index (Phi) is 2.40. The SMILES string of the molecule is O=Cc1ccnn1CC1CCCO1. The van der Waals surface area contributed by atoms with Crippen molar-refractivity contribution in [2.45, 2.75) is 25.5 Å². The summed E-state index contributed by atoms with van der Waals surface area (Å²) in [4.78, 5) is 10.6. The van der Waals surface area contributed by atoms with Crippen LogP contribution in [-0.4, -0.2) is 28.8 Å². The quantitative estimate of drug-likeness (QED) is 0.648. The van der Waals surface area contributed by atoms with Gasteiger partial charge in [-0.15, -0.1) is 0 Å². The van der Waals surface area contributed by atoms with Crippen LogP contribution >= 0.6 is 0 Å². The molecule has 1 saturated heterocycles. The van der Waals surface area contributed by atoms with Gasteiger partial charge in [-0.2, -0.15) is 5.10 Å². The number of aromatic nitrogens is 2. The number of carbonyl (C=O) groups excluding carboxylic acids is 1. The molecule has 1 aromatic heterocycles. The fourth-order valence-electron chi connectivity index (χ4n) is 1.58. The molecule has 1 fully saturated rings. The number of rotatable bonds is 3. The van der Waals surface area contributed by atoms with Crippen molar-refractivity contribution in [1.82, 2.24) is 9.78 Å². The van der Waals surface area contributed by atoms with Gasteiger partial charge in [0.2, 0.25) is 0 Å². The maximum absolute atomic E-state index is 10.6. The molecule has 0 spiro atoms. The highest BCUT2D eigenvalue weighted by Gasteiger charge is 2.17. The van der Waals surface area contributed by atoms with E-state index in [4.69, 9.17) is 4.74 Å². The topological polar surface area (TPSA) is 44.1 Å². The summed E-state index contributed by atoms with van der Waals surface area (Å²) in [6, 6.07) is 1.71. The third-order valence-corrected chi connectivity index (χ3v) is 2.27. The summed E-state index contributed by atoms with van der Waals surface area (Å²) >= 11 is 0. The van der Waals surface area contributed by atoms with Crippen LogP contribution in [0.15, 0.2) is 12.3 Å². The van der Waals surface area contributed by atoms with Crippen molar-refractivity contribution in [3.8, 4) is 0 Å². The van der Waals surface area contributed by atoms with Gasteiger partial charge in [0.15, 0.2) is 6.29 Å². The Balaban J connectivity index is 2.03. The molecule has 4 nitrogen and oxygen atoms in total. The van der Waals surface area contributed by atoms with Crippen molar-refractivity contribution in [3.63, 3.8) is 0 Å². The second kappa shape index (κ2) is 3.70. The first kappa shape index (κ1) is 8.44. The van der Waals surface area contributed by atoms with Gasteiger partial charge in [-0.25, -0.2) is 0 Å². The Morgan fingerprint density at radius 1 is 1.77 bits per heavy atom. The molecule has 1 unspecified atom stereocenters. The summed E-state index contributed by atoms with van der Waals surface area (Å²) < 4.78 is 7.15. The van der Waals surface area contributed by atoms with Gasteiger partial charge in [-0.1, -0.05) is 0 Å². The van der Waals surface area contributed by atoms with Crippen LogP contribution in [0, 0.1) is 0 Å². The minimum atomic E-state index is 0.235. The van der Waals surface area contributed by atoms with E-state index in [1.165, 1.54) is 0 Å². The number of hydrogen-bond acceptors (Lipinski definition) is 3. The van der Waals surface area contributed by atoms with Crippen LogP contribution < -0.4 is 0 Å². The monoisotopic (exact) mass is 180 g/mol. The van der Waals surface area contributed by atoms with E-state index in [0.717, 1.165) is 25.7 Å². The first-order valence-electron chi connectivity index (χ1n) is 4.49. The molecule has 0 radical (unpaired) electrons. The van der Waals surface area contributed by atoms with Crippen molar-refractivity contribution in [2.24, 2.45) is 0 Å². The lowest BCUT2D eigenvalue weighted by Gasteiger charge is -2.09. The van der Waals surface area contributed by atoms with Crippen LogP contribution in [0.25, 0.3) is 0 Å². The largest absolute Gasteiger partial charge is 0.376 e. The normalized spacial score (nSPS) is 22.0. The van der Waals surface area contributed by atoms with E-state index in [9.17, 15) is 4.79 Å². The van der Waals surface area contributed by atoms with E-state index in [0.29, 0.717) is 12.2 Å². The molecule has 0 amide bonds. The molecule has 1 aliphatic rings. The van der Waals surface area contributed by atoms with Gasteiger partial charge in [0.1, 0.15) is 5.69 Å². The highest BCUT2D eigenvalue weighted by molar-refractivity contribution is 5.71. The smallest absolute Gasteiger partial charge is 0.168 e. The van der Waals surface area contributed by atoms with Gasteiger partial charge in [0.05, 0.1) is 12.6 Å². The minimum absolute atomic E-state index is 0.235. The van der Waals surface area contributed by atoms with Gasteiger partial charge in [-0.05, 0) is 18.9 Å². The Hall–Kier alpha value is -1.16. The van der Waals surface area contributed by atoms with Crippen molar-refractivity contribution in [2.75, 3.05) is 6.61 Å². The van der Waals surface area contributed by atoms with Crippen molar-refractivity contribution in [1.29, 1.82) is 0 Å².